The van der Waals surface area contributed by atoms with Crippen molar-refractivity contribution in [1.82, 2.24) is 10.2 Å². The standard InChI is InChI=1S/C15H25BrN2S/c1-3-5-15(6-4-7-17-11-15)12-18(2)9-14-8-13(16)10-19-14/h8,10,17H,3-7,9,11-12H2,1-2H3. The topological polar surface area (TPSA) is 15.3 Å². The first-order chi connectivity index (χ1) is 9.13. The quantitative estimate of drug-likeness (QED) is 0.835. The number of thiophene rings is 1. The SMILES string of the molecule is CCCC1(CN(C)Cc2cc(Br)cs2)CCCNC1. The summed E-state index contributed by atoms with van der Waals surface area (Å²) in [5, 5.41) is 5.78. The van der Waals surface area contributed by atoms with Gasteiger partial charge in [-0.15, -0.1) is 11.3 Å². The summed E-state index contributed by atoms with van der Waals surface area (Å²) in [5.74, 6) is 0. The highest BCUT2D eigenvalue weighted by molar-refractivity contribution is 9.10. The summed E-state index contributed by atoms with van der Waals surface area (Å²) < 4.78 is 1.21. The lowest BCUT2D eigenvalue weighted by atomic mass is 9.76. The Kier molecular flexibility index (Phi) is 5.87. The molecule has 1 N–H and O–H groups in total. The van der Waals surface area contributed by atoms with Crippen molar-refractivity contribution in [3.8, 4) is 0 Å². The van der Waals surface area contributed by atoms with Crippen LogP contribution in [0, 0.1) is 5.41 Å². The fourth-order valence-corrected chi connectivity index (χ4v) is 4.85. The lowest BCUT2D eigenvalue weighted by molar-refractivity contribution is 0.119. The number of hydrogen-bond acceptors (Lipinski definition) is 3. The average molecular weight is 345 g/mol. The summed E-state index contributed by atoms with van der Waals surface area (Å²) in [7, 11) is 2.26. The maximum atomic E-state index is 3.60. The van der Waals surface area contributed by atoms with Gasteiger partial charge in [-0.05, 0) is 60.3 Å². The van der Waals surface area contributed by atoms with Crippen molar-refractivity contribution in [1.29, 1.82) is 0 Å². The van der Waals surface area contributed by atoms with Crippen molar-refractivity contribution >= 4 is 27.3 Å². The van der Waals surface area contributed by atoms with Crippen LogP contribution in [-0.4, -0.2) is 31.6 Å². The van der Waals surface area contributed by atoms with Gasteiger partial charge in [0.1, 0.15) is 0 Å². The minimum absolute atomic E-state index is 0.496. The fourth-order valence-electron chi connectivity index (χ4n) is 3.32. The summed E-state index contributed by atoms with van der Waals surface area (Å²) in [6, 6.07) is 2.24. The predicted molar refractivity (Wildman–Crippen MR) is 87.8 cm³/mol. The average Bonchev–Trinajstić information content (AvgIpc) is 2.75. The summed E-state index contributed by atoms with van der Waals surface area (Å²) in [4.78, 5) is 3.95. The Morgan fingerprint density at radius 1 is 1.53 bits per heavy atom. The Balaban J connectivity index is 1.92. The first-order valence-corrected chi connectivity index (χ1v) is 8.93. The molecule has 1 aromatic heterocycles. The molecule has 2 nitrogen and oxygen atoms in total. The third-order valence-electron chi connectivity index (χ3n) is 3.99. The van der Waals surface area contributed by atoms with E-state index in [9.17, 15) is 0 Å². The summed E-state index contributed by atoms with van der Waals surface area (Å²) in [5.41, 5.74) is 0.496. The second-order valence-electron chi connectivity index (χ2n) is 5.93. The minimum atomic E-state index is 0.496. The zero-order chi connectivity index (χ0) is 13.7. The molecule has 1 unspecified atom stereocenters. The molecule has 4 heteroatoms. The van der Waals surface area contributed by atoms with Crippen LogP contribution in [0.5, 0.6) is 0 Å². The van der Waals surface area contributed by atoms with Crippen LogP contribution >= 0.6 is 27.3 Å². The highest BCUT2D eigenvalue weighted by Crippen LogP contribution is 2.33. The Morgan fingerprint density at radius 2 is 2.37 bits per heavy atom. The van der Waals surface area contributed by atoms with Crippen molar-refractivity contribution in [2.24, 2.45) is 5.41 Å². The van der Waals surface area contributed by atoms with E-state index in [1.165, 1.54) is 54.7 Å². The molecule has 1 aliphatic heterocycles. The molecule has 0 aromatic carbocycles. The van der Waals surface area contributed by atoms with Gasteiger partial charge < -0.3 is 10.2 Å². The van der Waals surface area contributed by atoms with Crippen molar-refractivity contribution in [2.45, 2.75) is 39.2 Å². The number of halogens is 1. The van der Waals surface area contributed by atoms with Crippen LogP contribution < -0.4 is 5.32 Å². The van der Waals surface area contributed by atoms with Crippen LogP contribution in [-0.2, 0) is 6.54 Å². The molecule has 0 aliphatic carbocycles. The van der Waals surface area contributed by atoms with E-state index in [0.717, 1.165) is 6.54 Å². The van der Waals surface area contributed by atoms with Gasteiger partial charge in [-0.1, -0.05) is 13.3 Å². The molecule has 19 heavy (non-hydrogen) atoms. The molecule has 0 amide bonds. The summed E-state index contributed by atoms with van der Waals surface area (Å²) in [6.45, 7) is 6.99. The van der Waals surface area contributed by atoms with E-state index in [1.807, 2.05) is 11.3 Å². The van der Waals surface area contributed by atoms with Gasteiger partial charge in [0.2, 0.25) is 0 Å². The van der Waals surface area contributed by atoms with Crippen LogP contribution in [0.4, 0.5) is 0 Å². The first kappa shape index (κ1) is 15.5. The third-order valence-corrected chi connectivity index (χ3v) is 5.68. The molecule has 1 saturated heterocycles. The van der Waals surface area contributed by atoms with E-state index in [-0.39, 0.29) is 0 Å². The Morgan fingerprint density at radius 3 is 2.95 bits per heavy atom. The van der Waals surface area contributed by atoms with Crippen LogP contribution in [0.15, 0.2) is 15.9 Å². The Bertz CT molecular complexity index is 380. The highest BCUT2D eigenvalue weighted by atomic mass is 79.9. The molecule has 1 aliphatic rings. The molecule has 0 bridgehead atoms. The van der Waals surface area contributed by atoms with Crippen LogP contribution in [0.2, 0.25) is 0 Å². The van der Waals surface area contributed by atoms with Gasteiger partial charge in [0.05, 0.1) is 0 Å². The number of piperidine rings is 1. The van der Waals surface area contributed by atoms with Crippen LogP contribution in [0.1, 0.15) is 37.5 Å². The van der Waals surface area contributed by atoms with E-state index in [2.05, 4.69) is 51.6 Å². The maximum absolute atomic E-state index is 3.60. The summed E-state index contributed by atoms with van der Waals surface area (Å²) in [6.07, 6.45) is 5.35. The second-order valence-corrected chi connectivity index (χ2v) is 7.85. The molecule has 0 spiro atoms. The second kappa shape index (κ2) is 7.21. The van der Waals surface area contributed by atoms with Crippen molar-refractivity contribution in [3.05, 3.63) is 20.8 Å². The third kappa shape index (κ3) is 4.55. The molecule has 1 fully saturated rings. The number of nitrogens with zero attached hydrogens (tertiary/aromatic N) is 1. The zero-order valence-corrected chi connectivity index (χ0v) is 14.4. The van der Waals surface area contributed by atoms with Gasteiger partial charge in [-0.3, -0.25) is 0 Å². The van der Waals surface area contributed by atoms with Gasteiger partial charge in [0, 0.05) is 34.4 Å². The highest BCUT2D eigenvalue weighted by Gasteiger charge is 2.32. The molecule has 1 aromatic rings. The molecule has 108 valence electrons. The Labute approximate surface area is 129 Å². The van der Waals surface area contributed by atoms with E-state index in [4.69, 9.17) is 0 Å². The van der Waals surface area contributed by atoms with Gasteiger partial charge in [0.15, 0.2) is 0 Å². The molecular formula is C15H25BrN2S. The maximum Gasteiger partial charge on any atom is 0.0325 e. The Hall–Kier alpha value is 0.1000. The lowest BCUT2D eigenvalue weighted by Crippen LogP contribution is -2.46. The van der Waals surface area contributed by atoms with Gasteiger partial charge in [0.25, 0.3) is 0 Å². The molecule has 2 heterocycles. The van der Waals surface area contributed by atoms with Crippen molar-refractivity contribution < 1.29 is 0 Å². The lowest BCUT2D eigenvalue weighted by Gasteiger charge is -2.40. The van der Waals surface area contributed by atoms with Crippen molar-refractivity contribution in [2.75, 3.05) is 26.7 Å². The number of nitrogens with one attached hydrogen (secondary N) is 1. The molecule has 0 saturated carbocycles. The summed E-state index contributed by atoms with van der Waals surface area (Å²) >= 11 is 5.39. The first-order valence-electron chi connectivity index (χ1n) is 7.26. The molecule has 2 rings (SSSR count). The molecular weight excluding hydrogens is 320 g/mol. The van der Waals surface area contributed by atoms with Crippen LogP contribution in [0.25, 0.3) is 0 Å². The monoisotopic (exact) mass is 344 g/mol. The largest absolute Gasteiger partial charge is 0.316 e. The predicted octanol–water partition coefficient (Wildman–Crippen LogP) is 4.11. The van der Waals surface area contributed by atoms with Gasteiger partial charge >= 0.3 is 0 Å². The van der Waals surface area contributed by atoms with Gasteiger partial charge in [-0.2, -0.15) is 0 Å². The van der Waals surface area contributed by atoms with Gasteiger partial charge in [-0.25, -0.2) is 0 Å². The zero-order valence-electron chi connectivity index (χ0n) is 12.0. The number of hydrogen-bond donors (Lipinski definition) is 1. The number of rotatable bonds is 6. The fraction of sp³-hybridized carbons (Fsp3) is 0.733. The van der Waals surface area contributed by atoms with E-state index < -0.39 is 0 Å². The van der Waals surface area contributed by atoms with E-state index >= 15 is 0 Å². The van der Waals surface area contributed by atoms with E-state index in [0.29, 0.717) is 5.41 Å². The molecule has 0 radical (unpaired) electrons. The van der Waals surface area contributed by atoms with Crippen molar-refractivity contribution in [3.63, 3.8) is 0 Å². The normalized spacial score (nSPS) is 24.0. The molecule has 1 atom stereocenters. The smallest absolute Gasteiger partial charge is 0.0325 e. The minimum Gasteiger partial charge on any atom is -0.316 e. The van der Waals surface area contributed by atoms with Crippen LogP contribution in [0.3, 0.4) is 0 Å². The van der Waals surface area contributed by atoms with E-state index in [1.54, 1.807) is 0 Å².